The van der Waals surface area contributed by atoms with Crippen LogP contribution in [0.5, 0.6) is 5.75 Å². The van der Waals surface area contributed by atoms with E-state index in [0.29, 0.717) is 6.42 Å². The summed E-state index contributed by atoms with van der Waals surface area (Å²) >= 11 is 0. The minimum atomic E-state index is -4.58. The van der Waals surface area contributed by atoms with Crippen molar-refractivity contribution in [1.82, 2.24) is 0 Å². The van der Waals surface area contributed by atoms with Gasteiger partial charge in [0.2, 0.25) is 0 Å². The summed E-state index contributed by atoms with van der Waals surface area (Å²) in [5.74, 6) is -0.534. The SMILES string of the molecule is CCCCCCCCCCCCOC(=O)Oc1ccccc1C(F)(F)F. The molecular weight excluding hydrogens is 345 g/mol. The normalized spacial score (nSPS) is 11.4. The molecule has 0 saturated carbocycles. The van der Waals surface area contributed by atoms with Crippen LogP contribution in [0.25, 0.3) is 0 Å². The van der Waals surface area contributed by atoms with Crippen LogP contribution in [-0.2, 0) is 10.9 Å². The van der Waals surface area contributed by atoms with Crippen LogP contribution < -0.4 is 4.74 Å². The summed E-state index contributed by atoms with van der Waals surface area (Å²) in [7, 11) is 0. The van der Waals surface area contributed by atoms with Gasteiger partial charge in [-0.3, -0.25) is 0 Å². The Morgan fingerprint density at radius 2 is 1.42 bits per heavy atom. The molecule has 0 aliphatic heterocycles. The Balaban J connectivity index is 2.11. The highest BCUT2D eigenvalue weighted by atomic mass is 19.4. The molecule has 1 aromatic rings. The Kier molecular flexibility index (Phi) is 10.8. The molecule has 0 bridgehead atoms. The van der Waals surface area contributed by atoms with Crippen molar-refractivity contribution in [2.24, 2.45) is 0 Å². The molecule has 6 heteroatoms. The van der Waals surface area contributed by atoms with E-state index in [0.717, 1.165) is 31.4 Å². The minimum absolute atomic E-state index is 0.156. The summed E-state index contributed by atoms with van der Waals surface area (Å²) in [5, 5.41) is 0. The fourth-order valence-corrected chi connectivity index (χ4v) is 2.65. The number of ether oxygens (including phenoxy) is 2. The van der Waals surface area contributed by atoms with Gasteiger partial charge in [0.25, 0.3) is 0 Å². The van der Waals surface area contributed by atoms with Crippen LogP contribution in [-0.4, -0.2) is 12.8 Å². The van der Waals surface area contributed by atoms with Crippen LogP contribution >= 0.6 is 0 Å². The minimum Gasteiger partial charge on any atom is -0.434 e. The standard InChI is InChI=1S/C20H29F3O3/c1-2-3-4-5-6-7-8-9-10-13-16-25-19(24)26-18-15-12-11-14-17(18)20(21,22)23/h11-12,14-15H,2-10,13,16H2,1H3. The highest BCUT2D eigenvalue weighted by Crippen LogP contribution is 2.35. The molecular formula is C20H29F3O3. The van der Waals surface area contributed by atoms with Crippen molar-refractivity contribution >= 4 is 6.16 Å². The molecule has 0 fully saturated rings. The zero-order chi connectivity index (χ0) is 19.3. The number of rotatable bonds is 12. The summed E-state index contributed by atoms with van der Waals surface area (Å²) in [6.07, 6.45) is 5.83. The molecule has 0 aliphatic carbocycles. The van der Waals surface area contributed by atoms with Crippen LogP contribution in [0, 0.1) is 0 Å². The molecule has 0 N–H and O–H groups in total. The Hall–Kier alpha value is -1.72. The van der Waals surface area contributed by atoms with Crippen molar-refractivity contribution in [3.05, 3.63) is 29.8 Å². The van der Waals surface area contributed by atoms with E-state index < -0.39 is 23.6 Å². The Bertz CT molecular complexity index is 515. The van der Waals surface area contributed by atoms with Crippen molar-refractivity contribution in [3.63, 3.8) is 0 Å². The average molecular weight is 374 g/mol. The van der Waals surface area contributed by atoms with Crippen LogP contribution in [0.4, 0.5) is 18.0 Å². The van der Waals surface area contributed by atoms with Crippen LogP contribution in [0.3, 0.4) is 0 Å². The predicted molar refractivity (Wildman–Crippen MR) is 95.3 cm³/mol. The molecule has 0 spiro atoms. The van der Waals surface area contributed by atoms with Crippen molar-refractivity contribution < 1.29 is 27.4 Å². The maximum Gasteiger partial charge on any atom is 0.513 e. The lowest BCUT2D eigenvalue weighted by atomic mass is 10.1. The zero-order valence-corrected chi connectivity index (χ0v) is 15.4. The summed E-state index contributed by atoms with van der Waals surface area (Å²) in [6.45, 7) is 2.36. The van der Waals surface area contributed by atoms with E-state index in [2.05, 4.69) is 11.7 Å². The van der Waals surface area contributed by atoms with Gasteiger partial charge in [0.05, 0.1) is 12.2 Å². The highest BCUT2D eigenvalue weighted by Gasteiger charge is 2.34. The van der Waals surface area contributed by atoms with Crippen molar-refractivity contribution in [2.75, 3.05) is 6.61 Å². The maximum atomic E-state index is 12.8. The van der Waals surface area contributed by atoms with Gasteiger partial charge in [-0.1, -0.05) is 76.8 Å². The monoisotopic (exact) mass is 374 g/mol. The van der Waals surface area contributed by atoms with Gasteiger partial charge in [0, 0.05) is 0 Å². The largest absolute Gasteiger partial charge is 0.513 e. The van der Waals surface area contributed by atoms with E-state index in [4.69, 9.17) is 4.74 Å². The summed E-state index contributed by atoms with van der Waals surface area (Å²) in [6, 6.07) is 4.58. The molecule has 0 heterocycles. The summed E-state index contributed by atoms with van der Waals surface area (Å²) in [4.78, 5) is 11.5. The van der Waals surface area contributed by atoms with Gasteiger partial charge in [-0.2, -0.15) is 13.2 Å². The quantitative estimate of drug-likeness (QED) is 0.221. The third-order valence-corrected chi connectivity index (χ3v) is 4.10. The smallest absolute Gasteiger partial charge is 0.434 e. The van der Waals surface area contributed by atoms with Gasteiger partial charge in [-0.25, -0.2) is 4.79 Å². The molecule has 1 aromatic carbocycles. The van der Waals surface area contributed by atoms with Gasteiger partial charge < -0.3 is 9.47 Å². The number of para-hydroxylation sites is 1. The fourth-order valence-electron chi connectivity index (χ4n) is 2.65. The van der Waals surface area contributed by atoms with Crippen LogP contribution in [0.15, 0.2) is 24.3 Å². The number of hydrogen-bond donors (Lipinski definition) is 0. The van der Waals surface area contributed by atoms with Gasteiger partial charge in [-0.15, -0.1) is 0 Å². The van der Waals surface area contributed by atoms with E-state index in [-0.39, 0.29) is 6.61 Å². The number of unbranched alkanes of at least 4 members (excludes halogenated alkanes) is 9. The number of hydrogen-bond acceptors (Lipinski definition) is 3. The predicted octanol–water partition coefficient (Wildman–Crippen LogP) is 7.14. The van der Waals surface area contributed by atoms with Crippen molar-refractivity contribution in [1.29, 1.82) is 0 Å². The first-order valence-corrected chi connectivity index (χ1v) is 9.46. The lowest BCUT2D eigenvalue weighted by molar-refractivity contribution is -0.138. The first kappa shape index (κ1) is 22.3. The topological polar surface area (TPSA) is 35.5 Å². The Morgan fingerprint density at radius 3 is 2.00 bits per heavy atom. The molecule has 3 nitrogen and oxygen atoms in total. The van der Waals surface area contributed by atoms with Gasteiger partial charge in [-0.05, 0) is 18.6 Å². The molecule has 0 unspecified atom stereocenters. The fraction of sp³-hybridized carbons (Fsp3) is 0.650. The van der Waals surface area contributed by atoms with E-state index in [1.165, 1.54) is 50.7 Å². The molecule has 1 rings (SSSR count). The second kappa shape index (κ2) is 12.6. The molecule has 148 valence electrons. The first-order valence-electron chi connectivity index (χ1n) is 9.46. The lowest BCUT2D eigenvalue weighted by Gasteiger charge is -2.12. The van der Waals surface area contributed by atoms with Gasteiger partial charge >= 0.3 is 12.3 Å². The number of halogens is 3. The molecule has 0 radical (unpaired) electrons. The van der Waals surface area contributed by atoms with E-state index in [1.807, 2.05) is 0 Å². The zero-order valence-electron chi connectivity index (χ0n) is 15.4. The van der Waals surface area contributed by atoms with Gasteiger partial charge in [0.1, 0.15) is 5.75 Å². The number of alkyl halides is 3. The van der Waals surface area contributed by atoms with E-state index >= 15 is 0 Å². The third kappa shape index (κ3) is 9.68. The molecule has 0 aromatic heterocycles. The first-order chi connectivity index (χ1) is 12.4. The summed E-state index contributed by atoms with van der Waals surface area (Å²) < 4.78 is 48.0. The van der Waals surface area contributed by atoms with Crippen molar-refractivity contribution in [2.45, 2.75) is 77.3 Å². The lowest BCUT2D eigenvalue weighted by Crippen LogP contribution is -2.15. The van der Waals surface area contributed by atoms with Crippen molar-refractivity contribution in [3.8, 4) is 5.75 Å². The molecule has 0 aliphatic rings. The van der Waals surface area contributed by atoms with Crippen LogP contribution in [0.2, 0.25) is 0 Å². The van der Waals surface area contributed by atoms with E-state index in [9.17, 15) is 18.0 Å². The molecule has 26 heavy (non-hydrogen) atoms. The second-order valence-corrected chi connectivity index (χ2v) is 6.38. The summed E-state index contributed by atoms with van der Waals surface area (Å²) in [5.41, 5.74) is -0.990. The molecule has 0 atom stereocenters. The van der Waals surface area contributed by atoms with Gasteiger partial charge in [0.15, 0.2) is 0 Å². The average Bonchev–Trinajstić information content (AvgIpc) is 2.59. The second-order valence-electron chi connectivity index (χ2n) is 6.38. The Labute approximate surface area is 153 Å². The number of benzene rings is 1. The molecule has 0 amide bonds. The Morgan fingerprint density at radius 1 is 0.885 bits per heavy atom. The van der Waals surface area contributed by atoms with E-state index in [1.54, 1.807) is 0 Å². The number of carbonyl (C=O) groups is 1. The highest BCUT2D eigenvalue weighted by molar-refractivity contribution is 5.64. The maximum absolute atomic E-state index is 12.8. The number of carbonyl (C=O) groups excluding carboxylic acids is 1. The third-order valence-electron chi connectivity index (χ3n) is 4.10. The van der Waals surface area contributed by atoms with Crippen LogP contribution in [0.1, 0.15) is 76.7 Å². The molecule has 0 saturated heterocycles.